The normalized spacial score (nSPS) is 11.0. The Bertz CT molecular complexity index is 805. The quantitative estimate of drug-likeness (QED) is 0.588. The van der Waals surface area contributed by atoms with Crippen LogP contribution in [0, 0.1) is 0 Å². The summed E-state index contributed by atoms with van der Waals surface area (Å²) in [6, 6.07) is 17.9. The molecule has 0 radical (unpaired) electrons. The van der Waals surface area contributed by atoms with E-state index >= 15 is 0 Å². The highest BCUT2D eigenvalue weighted by atomic mass is 16.5. The minimum Gasteiger partial charge on any atom is -0.496 e. The zero-order valence-corrected chi connectivity index (χ0v) is 15.1. The third kappa shape index (κ3) is 4.68. The average molecular weight is 353 g/mol. The van der Waals surface area contributed by atoms with E-state index in [2.05, 4.69) is 27.2 Å². The molecule has 0 saturated carbocycles. The highest BCUT2D eigenvalue weighted by Gasteiger charge is 2.15. The maximum absolute atomic E-state index is 5.47. The van der Waals surface area contributed by atoms with E-state index in [4.69, 9.17) is 14.0 Å². The zero-order valence-electron chi connectivity index (χ0n) is 15.1. The SMILES string of the molecule is COCCN(Cc1ccccc1)Cc1nc(-c2ccccc2OC)no1. The Morgan fingerprint density at radius 2 is 1.73 bits per heavy atom. The highest BCUT2D eigenvalue weighted by Crippen LogP contribution is 2.27. The van der Waals surface area contributed by atoms with E-state index in [0.29, 0.717) is 24.9 Å². The first-order valence-corrected chi connectivity index (χ1v) is 8.51. The van der Waals surface area contributed by atoms with Crippen LogP contribution >= 0.6 is 0 Å². The van der Waals surface area contributed by atoms with E-state index in [1.54, 1.807) is 14.2 Å². The summed E-state index contributed by atoms with van der Waals surface area (Å²) in [5.74, 6) is 1.82. The van der Waals surface area contributed by atoms with Crippen LogP contribution in [-0.2, 0) is 17.8 Å². The fourth-order valence-corrected chi connectivity index (χ4v) is 2.73. The van der Waals surface area contributed by atoms with Gasteiger partial charge in [-0.1, -0.05) is 47.6 Å². The number of aromatic nitrogens is 2. The zero-order chi connectivity index (χ0) is 18.2. The Balaban J connectivity index is 1.74. The summed E-state index contributed by atoms with van der Waals surface area (Å²) in [5, 5.41) is 4.11. The second-order valence-corrected chi connectivity index (χ2v) is 5.90. The molecule has 0 N–H and O–H groups in total. The van der Waals surface area contributed by atoms with Gasteiger partial charge in [0.2, 0.25) is 11.7 Å². The minimum absolute atomic E-state index is 0.531. The molecule has 0 spiro atoms. The predicted octanol–water partition coefficient (Wildman–Crippen LogP) is 3.39. The van der Waals surface area contributed by atoms with Gasteiger partial charge >= 0.3 is 0 Å². The van der Waals surface area contributed by atoms with E-state index in [-0.39, 0.29) is 0 Å². The van der Waals surface area contributed by atoms with Crippen LogP contribution in [0.5, 0.6) is 5.75 Å². The van der Waals surface area contributed by atoms with Gasteiger partial charge in [0, 0.05) is 20.2 Å². The molecule has 0 aliphatic carbocycles. The van der Waals surface area contributed by atoms with Crippen LogP contribution in [0.4, 0.5) is 0 Å². The van der Waals surface area contributed by atoms with Crippen LogP contribution in [0.25, 0.3) is 11.4 Å². The lowest BCUT2D eigenvalue weighted by Gasteiger charge is -2.20. The van der Waals surface area contributed by atoms with E-state index in [1.165, 1.54) is 5.56 Å². The largest absolute Gasteiger partial charge is 0.496 e. The maximum atomic E-state index is 5.47. The average Bonchev–Trinajstić information content (AvgIpc) is 3.15. The Morgan fingerprint density at radius 1 is 0.962 bits per heavy atom. The molecular weight excluding hydrogens is 330 g/mol. The molecule has 0 unspecified atom stereocenters. The van der Waals surface area contributed by atoms with Gasteiger partial charge in [-0.25, -0.2) is 0 Å². The summed E-state index contributed by atoms with van der Waals surface area (Å²) < 4.78 is 16.1. The van der Waals surface area contributed by atoms with E-state index in [9.17, 15) is 0 Å². The Hall–Kier alpha value is -2.70. The number of hydrogen-bond acceptors (Lipinski definition) is 6. The first kappa shape index (κ1) is 18.1. The van der Waals surface area contributed by atoms with Crippen LogP contribution in [0.1, 0.15) is 11.5 Å². The monoisotopic (exact) mass is 353 g/mol. The van der Waals surface area contributed by atoms with Gasteiger partial charge in [-0.15, -0.1) is 0 Å². The van der Waals surface area contributed by atoms with Gasteiger partial charge in [0.25, 0.3) is 0 Å². The second-order valence-electron chi connectivity index (χ2n) is 5.90. The molecule has 0 saturated heterocycles. The number of ether oxygens (including phenoxy) is 2. The fraction of sp³-hybridized carbons (Fsp3) is 0.300. The summed E-state index contributed by atoms with van der Waals surface area (Å²) in [7, 11) is 3.33. The highest BCUT2D eigenvalue weighted by molar-refractivity contribution is 5.63. The number of hydrogen-bond donors (Lipinski definition) is 0. The number of benzene rings is 2. The van der Waals surface area contributed by atoms with Crippen molar-refractivity contribution in [3.8, 4) is 17.1 Å². The van der Waals surface area contributed by atoms with Crippen LogP contribution < -0.4 is 4.74 Å². The van der Waals surface area contributed by atoms with Gasteiger partial charge in [-0.05, 0) is 17.7 Å². The summed E-state index contributed by atoms with van der Waals surface area (Å²) in [6.07, 6.45) is 0. The van der Waals surface area contributed by atoms with Gasteiger partial charge in [-0.3, -0.25) is 4.90 Å². The lowest BCUT2D eigenvalue weighted by atomic mass is 10.2. The van der Waals surface area contributed by atoms with Crippen molar-refractivity contribution in [3.05, 3.63) is 66.1 Å². The summed E-state index contributed by atoms with van der Waals surface area (Å²) in [5.41, 5.74) is 2.05. The molecule has 136 valence electrons. The molecule has 6 nitrogen and oxygen atoms in total. The Labute approximate surface area is 153 Å². The van der Waals surface area contributed by atoms with E-state index in [0.717, 1.165) is 24.4 Å². The first-order chi connectivity index (χ1) is 12.8. The Morgan fingerprint density at radius 3 is 2.50 bits per heavy atom. The number of rotatable bonds is 9. The van der Waals surface area contributed by atoms with Crippen LogP contribution in [0.2, 0.25) is 0 Å². The molecule has 1 aromatic heterocycles. The van der Waals surface area contributed by atoms with Crippen molar-refractivity contribution in [2.75, 3.05) is 27.4 Å². The predicted molar refractivity (Wildman–Crippen MR) is 98.7 cm³/mol. The molecule has 3 aromatic rings. The van der Waals surface area contributed by atoms with Crippen molar-refractivity contribution in [2.45, 2.75) is 13.1 Å². The molecule has 3 rings (SSSR count). The van der Waals surface area contributed by atoms with Gasteiger partial charge in [0.1, 0.15) is 5.75 Å². The minimum atomic E-state index is 0.531. The Kier molecular flexibility index (Phi) is 6.35. The van der Waals surface area contributed by atoms with Crippen molar-refractivity contribution in [3.63, 3.8) is 0 Å². The van der Waals surface area contributed by atoms with Crippen LogP contribution in [-0.4, -0.2) is 42.4 Å². The van der Waals surface area contributed by atoms with Crippen molar-refractivity contribution in [1.29, 1.82) is 0 Å². The molecule has 1 heterocycles. The maximum Gasteiger partial charge on any atom is 0.241 e. The number of nitrogens with zero attached hydrogens (tertiary/aromatic N) is 3. The number of para-hydroxylation sites is 1. The summed E-state index contributed by atoms with van der Waals surface area (Å²) in [4.78, 5) is 6.76. The van der Waals surface area contributed by atoms with Crippen molar-refractivity contribution < 1.29 is 14.0 Å². The lowest BCUT2D eigenvalue weighted by Crippen LogP contribution is -2.26. The molecule has 26 heavy (non-hydrogen) atoms. The lowest BCUT2D eigenvalue weighted by molar-refractivity contribution is 0.131. The van der Waals surface area contributed by atoms with Crippen LogP contribution in [0.3, 0.4) is 0 Å². The van der Waals surface area contributed by atoms with Crippen molar-refractivity contribution in [2.24, 2.45) is 0 Å². The third-order valence-electron chi connectivity index (χ3n) is 4.04. The summed E-state index contributed by atoms with van der Waals surface area (Å²) >= 11 is 0. The van der Waals surface area contributed by atoms with E-state index < -0.39 is 0 Å². The fourth-order valence-electron chi connectivity index (χ4n) is 2.73. The molecule has 0 bridgehead atoms. The molecule has 0 amide bonds. The smallest absolute Gasteiger partial charge is 0.241 e. The third-order valence-corrected chi connectivity index (χ3v) is 4.04. The standard InChI is InChI=1S/C20H23N3O3/c1-24-13-12-23(14-16-8-4-3-5-9-16)15-19-21-20(22-26-19)17-10-6-7-11-18(17)25-2/h3-11H,12-15H2,1-2H3. The second kappa shape index (κ2) is 9.12. The first-order valence-electron chi connectivity index (χ1n) is 8.51. The number of methoxy groups -OCH3 is 2. The van der Waals surface area contributed by atoms with Gasteiger partial charge < -0.3 is 14.0 Å². The molecule has 0 aliphatic rings. The molecule has 0 atom stereocenters. The van der Waals surface area contributed by atoms with Gasteiger partial charge in [0.05, 0.1) is 25.8 Å². The molecular formula is C20H23N3O3. The molecule has 0 fully saturated rings. The molecule has 0 aliphatic heterocycles. The summed E-state index contributed by atoms with van der Waals surface area (Å²) in [6.45, 7) is 2.76. The van der Waals surface area contributed by atoms with E-state index in [1.807, 2.05) is 42.5 Å². The molecule has 6 heteroatoms. The van der Waals surface area contributed by atoms with Crippen LogP contribution in [0.15, 0.2) is 59.1 Å². The molecule has 2 aromatic carbocycles. The van der Waals surface area contributed by atoms with Gasteiger partial charge in [-0.2, -0.15) is 4.98 Å². The van der Waals surface area contributed by atoms with Crippen molar-refractivity contribution >= 4 is 0 Å². The topological polar surface area (TPSA) is 60.6 Å². The van der Waals surface area contributed by atoms with Gasteiger partial charge in [0.15, 0.2) is 0 Å². The van der Waals surface area contributed by atoms with Crippen molar-refractivity contribution in [1.82, 2.24) is 15.0 Å².